The summed E-state index contributed by atoms with van der Waals surface area (Å²) in [7, 11) is 0. The van der Waals surface area contributed by atoms with Crippen LogP contribution in [0.25, 0.3) is 0 Å². The SMILES string of the molecule is CCCNC1CCC(C)(C)CC1CN1CCC(CO)C1. The predicted molar refractivity (Wildman–Crippen MR) is 84.8 cm³/mol. The van der Waals surface area contributed by atoms with Crippen LogP contribution in [0.2, 0.25) is 0 Å². The molecule has 3 unspecified atom stereocenters. The van der Waals surface area contributed by atoms with Gasteiger partial charge in [-0.05, 0) is 62.4 Å². The van der Waals surface area contributed by atoms with Crippen molar-refractivity contribution in [2.75, 3.05) is 32.8 Å². The first kappa shape index (κ1) is 16.3. The van der Waals surface area contributed by atoms with Crippen molar-refractivity contribution in [2.45, 2.75) is 58.9 Å². The van der Waals surface area contributed by atoms with Crippen LogP contribution in [0.3, 0.4) is 0 Å². The summed E-state index contributed by atoms with van der Waals surface area (Å²) in [6.07, 6.45) is 6.43. The van der Waals surface area contributed by atoms with Gasteiger partial charge in [0.25, 0.3) is 0 Å². The molecule has 3 heteroatoms. The Balaban J connectivity index is 1.89. The third-order valence-electron chi connectivity index (χ3n) is 5.29. The second-order valence-electron chi connectivity index (χ2n) is 7.82. The lowest BCUT2D eigenvalue weighted by molar-refractivity contribution is 0.105. The molecule has 3 atom stereocenters. The maximum absolute atomic E-state index is 9.30. The molecule has 0 spiro atoms. The van der Waals surface area contributed by atoms with Crippen molar-refractivity contribution in [3.05, 3.63) is 0 Å². The number of hydrogen-bond acceptors (Lipinski definition) is 3. The van der Waals surface area contributed by atoms with Crippen LogP contribution in [0.15, 0.2) is 0 Å². The van der Waals surface area contributed by atoms with E-state index in [4.69, 9.17) is 0 Å². The molecular weight excluding hydrogens is 248 g/mol. The molecule has 1 aliphatic carbocycles. The summed E-state index contributed by atoms with van der Waals surface area (Å²) >= 11 is 0. The van der Waals surface area contributed by atoms with E-state index in [0.29, 0.717) is 24.0 Å². The van der Waals surface area contributed by atoms with E-state index >= 15 is 0 Å². The van der Waals surface area contributed by atoms with Crippen molar-refractivity contribution in [1.29, 1.82) is 0 Å². The van der Waals surface area contributed by atoms with Gasteiger partial charge in [-0.2, -0.15) is 0 Å². The molecule has 2 fully saturated rings. The summed E-state index contributed by atoms with van der Waals surface area (Å²) < 4.78 is 0. The fourth-order valence-corrected chi connectivity index (χ4v) is 4.09. The second-order valence-corrected chi connectivity index (χ2v) is 7.82. The molecule has 0 amide bonds. The van der Waals surface area contributed by atoms with E-state index in [1.54, 1.807) is 0 Å². The average Bonchev–Trinajstić information content (AvgIpc) is 2.85. The Kier molecular flexibility index (Phi) is 5.88. The molecule has 0 aromatic heterocycles. The van der Waals surface area contributed by atoms with Crippen LogP contribution in [0.4, 0.5) is 0 Å². The Morgan fingerprint density at radius 1 is 1.30 bits per heavy atom. The van der Waals surface area contributed by atoms with Gasteiger partial charge in [-0.1, -0.05) is 20.8 Å². The summed E-state index contributed by atoms with van der Waals surface area (Å²) in [6, 6.07) is 0.705. The van der Waals surface area contributed by atoms with E-state index < -0.39 is 0 Å². The van der Waals surface area contributed by atoms with Crippen LogP contribution >= 0.6 is 0 Å². The number of aliphatic hydroxyl groups is 1. The molecule has 1 saturated carbocycles. The second kappa shape index (κ2) is 7.24. The molecule has 1 aliphatic heterocycles. The number of rotatable bonds is 6. The van der Waals surface area contributed by atoms with E-state index in [1.807, 2.05) is 0 Å². The number of nitrogens with zero attached hydrogens (tertiary/aromatic N) is 1. The van der Waals surface area contributed by atoms with Gasteiger partial charge in [-0.15, -0.1) is 0 Å². The van der Waals surface area contributed by atoms with Gasteiger partial charge in [0, 0.05) is 25.7 Å². The molecule has 118 valence electrons. The lowest BCUT2D eigenvalue weighted by Gasteiger charge is -2.42. The Morgan fingerprint density at radius 2 is 2.10 bits per heavy atom. The number of nitrogens with one attached hydrogen (secondary N) is 1. The smallest absolute Gasteiger partial charge is 0.0471 e. The highest BCUT2D eigenvalue weighted by atomic mass is 16.3. The van der Waals surface area contributed by atoms with E-state index in [1.165, 1.54) is 45.2 Å². The molecular formula is C17H34N2O. The largest absolute Gasteiger partial charge is 0.396 e. The molecule has 2 rings (SSSR count). The zero-order valence-corrected chi connectivity index (χ0v) is 13.7. The molecule has 3 nitrogen and oxygen atoms in total. The average molecular weight is 282 g/mol. The van der Waals surface area contributed by atoms with Crippen molar-refractivity contribution >= 4 is 0 Å². The molecule has 1 heterocycles. The van der Waals surface area contributed by atoms with E-state index in [-0.39, 0.29) is 0 Å². The molecule has 0 aromatic rings. The quantitative estimate of drug-likeness (QED) is 0.786. The topological polar surface area (TPSA) is 35.5 Å². The molecule has 0 bridgehead atoms. The highest BCUT2D eigenvalue weighted by Gasteiger charge is 2.36. The van der Waals surface area contributed by atoms with Crippen LogP contribution in [-0.4, -0.2) is 48.8 Å². The molecule has 0 aromatic carbocycles. The summed E-state index contributed by atoms with van der Waals surface area (Å²) in [5.41, 5.74) is 0.505. The zero-order valence-electron chi connectivity index (χ0n) is 13.7. The van der Waals surface area contributed by atoms with Crippen LogP contribution in [-0.2, 0) is 0 Å². The maximum Gasteiger partial charge on any atom is 0.0471 e. The minimum absolute atomic E-state index is 0.365. The summed E-state index contributed by atoms with van der Waals surface area (Å²) in [6.45, 7) is 12.1. The summed E-state index contributed by atoms with van der Waals surface area (Å²) in [5, 5.41) is 13.1. The van der Waals surface area contributed by atoms with Gasteiger partial charge in [0.2, 0.25) is 0 Å². The third-order valence-corrected chi connectivity index (χ3v) is 5.29. The fraction of sp³-hybridized carbons (Fsp3) is 1.00. The molecule has 20 heavy (non-hydrogen) atoms. The van der Waals surface area contributed by atoms with E-state index in [2.05, 4.69) is 31.0 Å². The number of aliphatic hydroxyl groups excluding tert-OH is 1. The Bertz CT molecular complexity index is 293. The lowest BCUT2D eigenvalue weighted by atomic mass is 9.69. The van der Waals surface area contributed by atoms with Crippen molar-refractivity contribution in [1.82, 2.24) is 10.2 Å². The van der Waals surface area contributed by atoms with Crippen LogP contribution < -0.4 is 5.32 Å². The minimum Gasteiger partial charge on any atom is -0.396 e. The Labute approximate surface area is 125 Å². The van der Waals surface area contributed by atoms with E-state index in [0.717, 1.165) is 19.0 Å². The monoisotopic (exact) mass is 282 g/mol. The van der Waals surface area contributed by atoms with Gasteiger partial charge in [0.05, 0.1) is 0 Å². The first-order valence-corrected chi connectivity index (χ1v) is 8.60. The summed E-state index contributed by atoms with van der Waals surface area (Å²) in [4.78, 5) is 2.59. The molecule has 2 aliphatic rings. The van der Waals surface area contributed by atoms with Crippen LogP contribution in [0, 0.1) is 17.3 Å². The first-order valence-electron chi connectivity index (χ1n) is 8.60. The van der Waals surface area contributed by atoms with Gasteiger partial charge in [0.1, 0.15) is 0 Å². The number of hydrogen-bond donors (Lipinski definition) is 2. The highest BCUT2D eigenvalue weighted by Crippen LogP contribution is 2.39. The Morgan fingerprint density at radius 3 is 2.75 bits per heavy atom. The van der Waals surface area contributed by atoms with Crippen LogP contribution in [0.5, 0.6) is 0 Å². The zero-order chi connectivity index (χ0) is 14.6. The Hall–Kier alpha value is -0.120. The minimum atomic E-state index is 0.365. The number of likely N-dealkylation sites (tertiary alicyclic amines) is 1. The van der Waals surface area contributed by atoms with Gasteiger partial charge < -0.3 is 15.3 Å². The van der Waals surface area contributed by atoms with E-state index in [9.17, 15) is 5.11 Å². The van der Waals surface area contributed by atoms with Gasteiger partial charge in [-0.3, -0.25) is 0 Å². The maximum atomic E-state index is 9.30. The van der Waals surface area contributed by atoms with Crippen molar-refractivity contribution in [2.24, 2.45) is 17.3 Å². The standard InChI is InChI=1S/C17H34N2O/c1-4-8-18-16-5-7-17(2,3)10-15(16)12-19-9-6-14(11-19)13-20/h14-16,18,20H,4-13H2,1-3H3. The highest BCUT2D eigenvalue weighted by molar-refractivity contribution is 4.91. The van der Waals surface area contributed by atoms with Gasteiger partial charge in [-0.25, -0.2) is 0 Å². The van der Waals surface area contributed by atoms with Crippen molar-refractivity contribution < 1.29 is 5.11 Å². The van der Waals surface area contributed by atoms with Gasteiger partial charge >= 0.3 is 0 Å². The molecule has 1 saturated heterocycles. The van der Waals surface area contributed by atoms with Crippen LogP contribution in [0.1, 0.15) is 52.9 Å². The van der Waals surface area contributed by atoms with Crippen molar-refractivity contribution in [3.8, 4) is 0 Å². The fourth-order valence-electron chi connectivity index (χ4n) is 4.09. The molecule has 0 radical (unpaired) electrons. The van der Waals surface area contributed by atoms with Gasteiger partial charge in [0.15, 0.2) is 0 Å². The first-order chi connectivity index (χ1) is 9.54. The van der Waals surface area contributed by atoms with Crippen molar-refractivity contribution in [3.63, 3.8) is 0 Å². The normalized spacial score (nSPS) is 34.5. The predicted octanol–water partition coefficient (Wildman–Crippen LogP) is 2.50. The third kappa shape index (κ3) is 4.44. The molecule has 2 N–H and O–H groups in total. The lowest BCUT2D eigenvalue weighted by Crippen LogP contribution is -2.47. The summed E-state index contributed by atoms with van der Waals surface area (Å²) in [5.74, 6) is 1.30.